The third-order valence-corrected chi connectivity index (χ3v) is 3.06. The van der Waals surface area contributed by atoms with Crippen LogP contribution >= 0.6 is 0 Å². The molecule has 0 radical (unpaired) electrons. The minimum Gasteiger partial charge on any atom is -0.487 e. The molecule has 21 heavy (non-hydrogen) atoms. The number of nitro benzene ring substituents is 1. The summed E-state index contributed by atoms with van der Waals surface area (Å²) in [5, 5.41) is 10.5. The molecule has 0 atom stereocenters. The number of rotatable bonds is 4. The van der Waals surface area contributed by atoms with E-state index < -0.39 is 16.2 Å². The number of nitrogens with zero attached hydrogens (tertiary/aromatic N) is 3. The summed E-state index contributed by atoms with van der Waals surface area (Å²) in [5.41, 5.74) is -0.477. The molecule has 0 saturated carbocycles. The SMILES string of the molecule is Cn1c(COc2ccc([N+](=O)[O-])cc2)cc(=O)n(C)c1=O. The molecule has 0 spiro atoms. The summed E-state index contributed by atoms with van der Waals surface area (Å²) >= 11 is 0. The fourth-order valence-corrected chi connectivity index (χ4v) is 1.74. The normalized spacial score (nSPS) is 10.4. The lowest BCUT2D eigenvalue weighted by atomic mass is 10.3. The maximum atomic E-state index is 11.7. The molecule has 0 aliphatic rings. The van der Waals surface area contributed by atoms with Crippen LogP contribution < -0.4 is 16.0 Å². The average Bonchev–Trinajstić information content (AvgIpc) is 2.48. The first-order valence-corrected chi connectivity index (χ1v) is 6.03. The highest BCUT2D eigenvalue weighted by atomic mass is 16.6. The summed E-state index contributed by atoms with van der Waals surface area (Å²) in [6, 6.07) is 6.86. The number of benzene rings is 1. The van der Waals surface area contributed by atoms with Gasteiger partial charge in [0.2, 0.25) is 0 Å². The van der Waals surface area contributed by atoms with Gasteiger partial charge in [0.25, 0.3) is 11.2 Å². The molecule has 8 heteroatoms. The molecule has 8 nitrogen and oxygen atoms in total. The molecule has 0 amide bonds. The standard InChI is InChI=1S/C13H13N3O5/c1-14-10(7-12(17)15(2)13(14)18)8-21-11-5-3-9(4-6-11)16(19)20/h3-7H,8H2,1-2H3. The van der Waals surface area contributed by atoms with Crippen molar-refractivity contribution in [2.75, 3.05) is 0 Å². The van der Waals surface area contributed by atoms with Crippen molar-refractivity contribution < 1.29 is 9.66 Å². The Morgan fingerprint density at radius 1 is 1.14 bits per heavy atom. The van der Waals surface area contributed by atoms with Crippen LogP contribution in [0.4, 0.5) is 5.69 Å². The van der Waals surface area contributed by atoms with Crippen LogP contribution in [0.1, 0.15) is 5.69 Å². The van der Waals surface area contributed by atoms with Gasteiger partial charge in [-0.15, -0.1) is 0 Å². The number of ether oxygens (including phenoxy) is 1. The second-order valence-corrected chi connectivity index (χ2v) is 4.41. The summed E-state index contributed by atoms with van der Waals surface area (Å²) in [7, 11) is 2.93. The van der Waals surface area contributed by atoms with Crippen molar-refractivity contribution >= 4 is 5.69 Å². The van der Waals surface area contributed by atoms with Gasteiger partial charge in [-0.2, -0.15) is 0 Å². The first kappa shape index (κ1) is 14.5. The second kappa shape index (κ2) is 5.61. The van der Waals surface area contributed by atoms with Crippen molar-refractivity contribution in [3.8, 4) is 5.75 Å². The molecule has 1 aromatic carbocycles. The van der Waals surface area contributed by atoms with Gasteiger partial charge < -0.3 is 4.74 Å². The van der Waals surface area contributed by atoms with Crippen LogP contribution in [0.15, 0.2) is 39.9 Å². The molecule has 2 aromatic rings. The van der Waals surface area contributed by atoms with Gasteiger partial charge in [-0.3, -0.25) is 24.0 Å². The summed E-state index contributed by atoms with van der Waals surface area (Å²) < 4.78 is 7.73. The van der Waals surface area contributed by atoms with E-state index in [2.05, 4.69) is 0 Å². The van der Waals surface area contributed by atoms with E-state index in [0.717, 1.165) is 4.57 Å². The highest BCUT2D eigenvalue weighted by Gasteiger charge is 2.08. The zero-order chi connectivity index (χ0) is 15.6. The van der Waals surface area contributed by atoms with E-state index in [0.29, 0.717) is 11.4 Å². The molecule has 0 unspecified atom stereocenters. The Balaban J connectivity index is 2.19. The van der Waals surface area contributed by atoms with Gasteiger partial charge in [0, 0.05) is 32.3 Å². The quantitative estimate of drug-likeness (QED) is 0.606. The van der Waals surface area contributed by atoms with E-state index in [9.17, 15) is 19.7 Å². The van der Waals surface area contributed by atoms with Gasteiger partial charge >= 0.3 is 5.69 Å². The number of nitro groups is 1. The third-order valence-electron chi connectivity index (χ3n) is 3.06. The second-order valence-electron chi connectivity index (χ2n) is 4.41. The van der Waals surface area contributed by atoms with E-state index in [1.807, 2.05) is 0 Å². The molecule has 0 aliphatic carbocycles. The summed E-state index contributed by atoms with van der Waals surface area (Å²) in [4.78, 5) is 33.3. The van der Waals surface area contributed by atoms with Crippen molar-refractivity contribution in [1.29, 1.82) is 0 Å². The predicted octanol–water partition coefficient (Wildman–Crippen LogP) is 0.571. The molecule has 1 aromatic heterocycles. The smallest absolute Gasteiger partial charge is 0.330 e. The Labute approximate surface area is 119 Å². The lowest BCUT2D eigenvalue weighted by Crippen LogP contribution is -2.38. The van der Waals surface area contributed by atoms with Crippen molar-refractivity contribution in [2.24, 2.45) is 14.1 Å². The van der Waals surface area contributed by atoms with Crippen LogP contribution in [0.2, 0.25) is 0 Å². The molecule has 1 heterocycles. The van der Waals surface area contributed by atoms with E-state index >= 15 is 0 Å². The summed E-state index contributed by atoms with van der Waals surface area (Å²) in [5.74, 6) is 0.411. The number of aromatic nitrogens is 2. The molecule has 0 saturated heterocycles. The minimum absolute atomic E-state index is 0.0135. The van der Waals surface area contributed by atoms with Gasteiger partial charge in [0.05, 0.1) is 10.6 Å². The van der Waals surface area contributed by atoms with Crippen LogP contribution in [-0.2, 0) is 20.7 Å². The van der Waals surface area contributed by atoms with Gasteiger partial charge in [-0.25, -0.2) is 4.79 Å². The van der Waals surface area contributed by atoms with E-state index in [1.54, 1.807) is 0 Å². The molecule has 0 N–H and O–H groups in total. The zero-order valence-electron chi connectivity index (χ0n) is 11.5. The molecule has 0 fully saturated rings. The van der Waals surface area contributed by atoms with Crippen LogP contribution in [-0.4, -0.2) is 14.1 Å². The first-order valence-electron chi connectivity index (χ1n) is 6.03. The van der Waals surface area contributed by atoms with Crippen molar-refractivity contribution in [1.82, 2.24) is 9.13 Å². The van der Waals surface area contributed by atoms with Crippen molar-refractivity contribution in [3.05, 3.63) is 67.0 Å². The number of non-ortho nitro benzene ring substituents is 1. The lowest BCUT2D eigenvalue weighted by molar-refractivity contribution is -0.384. The van der Waals surface area contributed by atoms with Crippen LogP contribution in [0.5, 0.6) is 5.75 Å². The van der Waals surface area contributed by atoms with Gasteiger partial charge in [0.15, 0.2) is 0 Å². The molecule has 2 rings (SSSR count). The molecule has 110 valence electrons. The Bertz CT molecular complexity index is 789. The zero-order valence-corrected chi connectivity index (χ0v) is 11.5. The summed E-state index contributed by atoms with van der Waals surface area (Å²) in [6.45, 7) is 0.0135. The fourth-order valence-electron chi connectivity index (χ4n) is 1.74. The number of hydrogen-bond acceptors (Lipinski definition) is 5. The van der Waals surface area contributed by atoms with Gasteiger partial charge in [-0.05, 0) is 12.1 Å². The first-order chi connectivity index (χ1) is 9.90. The van der Waals surface area contributed by atoms with Crippen molar-refractivity contribution in [3.63, 3.8) is 0 Å². The molecular formula is C13H13N3O5. The maximum absolute atomic E-state index is 11.7. The Morgan fingerprint density at radius 3 is 2.33 bits per heavy atom. The largest absolute Gasteiger partial charge is 0.487 e. The Morgan fingerprint density at radius 2 is 1.76 bits per heavy atom. The highest BCUT2D eigenvalue weighted by Crippen LogP contribution is 2.17. The summed E-state index contributed by atoms with van der Waals surface area (Å²) in [6.07, 6.45) is 0. The van der Waals surface area contributed by atoms with E-state index in [-0.39, 0.29) is 12.3 Å². The van der Waals surface area contributed by atoms with Crippen molar-refractivity contribution in [2.45, 2.75) is 6.61 Å². The van der Waals surface area contributed by atoms with E-state index in [4.69, 9.17) is 4.74 Å². The fraction of sp³-hybridized carbons (Fsp3) is 0.231. The maximum Gasteiger partial charge on any atom is 0.330 e. The van der Waals surface area contributed by atoms with Crippen LogP contribution in [0.3, 0.4) is 0 Å². The average molecular weight is 291 g/mol. The topological polar surface area (TPSA) is 96.4 Å². The highest BCUT2D eigenvalue weighted by molar-refractivity contribution is 5.36. The van der Waals surface area contributed by atoms with Gasteiger partial charge in [-0.1, -0.05) is 0 Å². The van der Waals surface area contributed by atoms with Crippen LogP contribution in [0.25, 0.3) is 0 Å². The minimum atomic E-state index is -0.506. The Hall–Kier alpha value is -2.90. The Kier molecular flexibility index (Phi) is 3.88. The molecule has 0 aliphatic heterocycles. The van der Waals surface area contributed by atoms with Gasteiger partial charge in [0.1, 0.15) is 12.4 Å². The third kappa shape index (κ3) is 2.99. The number of hydrogen-bond donors (Lipinski definition) is 0. The van der Waals surface area contributed by atoms with Crippen LogP contribution in [0, 0.1) is 10.1 Å². The monoisotopic (exact) mass is 291 g/mol. The van der Waals surface area contributed by atoms with E-state index in [1.165, 1.54) is 49.0 Å². The molecule has 0 bridgehead atoms. The predicted molar refractivity (Wildman–Crippen MR) is 74.4 cm³/mol. The molecular weight excluding hydrogens is 278 g/mol. The lowest BCUT2D eigenvalue weighted by Gasteiger charge is -2.10.